The fraction of sp³-hybridized carbons (Fsp3) is 0.242. The predicted molar refractivity (Wildman–Crippen MR) is 163 cm³/mol. The Hall–Kier alpha value is -4.07. The van der Waals surface area contributed by atoms with Crippen molar-refractivity contribution in [2.45, 2.75) is 28.7 Å². The first-order valence-corrected chi connectivity index (χ1v) is 14.4. The molecule has 0 radical (unpaired) electrons. The van der Waals surface area contributed by atoms with Crippen LogP contribution in [0, 0.1) is 0 Å². The van der Waals surface area contributed by atoms with Gasteiger partial charge in [0.2, 0.25) is 6.29 Å². The first-order valence-electron chi connectivity index (χ1n) is 13.6. The average molecular weight is 565 g/mol. The van der Waals surface area contributed by atoms with Crippen LogP contribution in [0.5, 0.6) is 0 Å². The molecule has 3 heterocycles. The highest BCUT2D eigenvalue weighted by Crippen LogP contribution is 2.51. The fourth-order valence-corrected chi connectivity index (χ4v) is 7.14. The van der Waals surface area contributed by atoms with Crippen LogP contribution in [-0.2, 0) is 14.2 Å². The lowest BCUT2D eigenvalue weighted by atomic mass is 9.84. The van der Waals surface area contributed by atoms with Gasteiger partial charge in [-0.3, -0.25) is 0 Å². The van der Waals surface area contributed by atoms with Gasteiger partial charge in [-0.2, -0.15) is 0 Å². The van der Waals surface area contributed by atoms with Gasteiger partial charge in [-0.15, -0.1) is 11.8 Å². The normalized spacial score (nSPS) is 19.3. The second-order valence-electron chi connectivity index (χ2n) is 9.87. The average Bonchev–Trinajstić information content (AvgIpc) is 3.37. The number of esters is 1. The minimum absolute atomic E-state index is 0.239. The van der Waals surface area contributed by atoms with Crippen LogP contribution in [0.1, 0.15) is 45.3 Å². The SMILES string of the molecule is COC1OC(=O)c2ccc1cc2.[N-]=[N+]=NCC1CC(SC(c2ccccc2)(c2ccccc2)c2ccccc2)CN1. The molecule has 1 saturated heterocycles. The van der Waals surface area contributed by atoms with Gasteiger partial charge in [-0.05, 0) is 40.8 Å². The molecular formula is C33H32N4O3S. The molecule has 4 aromatic rings. The van der Waals surface area contributed by atoms with E-state index in [1.807, 2.05) is 23.9 Å². The van der Waals surface area contributed by atoms with Gasteiger partial charge in [0, 0.05) is 42.0 Å². The van der Waals surface area contributed by atoms with Gasteiger partial charge in [-0.25, -0.2) is 4.79 Å². The summed E-state index contributed by atoms with van der Waals surface area (Å²) in [6, 6.07) is 39.7. The molecule has 0 amide bonds. The topological polar surface area (TPSA) is 96.3 Å². The van der Waals surface area contributed by atoms with Crippen molar-refractivity contribution >= 4 is 17.7 Å². The number of hydrogen-bond acceptors (Lipinski definition) is 6. The molecule has 3 unspecified atom stereocenters. The molecule has 208 valence electrons. The van der Waals surface area contributed by atoms with Gasteiger partial charge in [0.1, 0.15) is 0 Å². The van der Waals surface area contributed by atoms with Crippen molar-refractivity contribution in [3.63, 3.8) is 0 Å². The van der Waals surface area contributed by atoms with Gasteiger partial charge in [0.05, 0.1) is 10.3 Å². The molecule has 1 N–H and O–H groups in total. The molecule has 0 saturated carbocycles. The Morgan fingerprint density at radius 2 is 1.44 bits per heavy atom. The van der Waals surface area contributed by atoms with E-state index < -0.39 is 6.29 Å². The van der Waals surface area contributed by atoms with E-state index >= 15 is 0 Å². The summed E-state index contributed by atoms with van der Waals surface area (Å²) < 4.78 is 9.66. The minimum Gasteiger partial charge on any atom is -0.428 e. The maximum absolute atomic E-state index is 11.2. The molecule has 3 aliphatic rings. The first kappa shape index (κ1) is 28.5. The van der Waals surface area contributed by atoms with Crippen LogP contribution in [0.25, 0.3) is 10.4 Å². The van der Waals surface area contributed by atoms with Crippen LogP contribution in [0.15, 0.2) is 120 Å². The number of thioether (sulfide) groups is 1. The van der Waals surface area contributed by atoms with Gasteiger partial charge < -0.3 is 14.8 Å². The van der Waals surface area contributed by atoms with E-state index in [0.717, 1.165) is 18.5 Å². The Bertz CT molecular complexity index is 1370. The molecule has 0 aliphatic carbocycles. The number of carbonyl (C=O) groups excluding carboxylic acids is 1. The summed E-state index contributed by atoms with van der Waals surface area (Å²) in [5, 5.41) is 7.71. The summed E-state index contributed by atoms with van der Waals surface area (Å²) in [6.07, 6.45) is 0.433. The van der Waals surface area contributed by atoms with Crippen LogP contribution >= 0.6 is 11.8 Å². The number of hydrogen-bond donors (Lipinski definition) is 1. The number of rotatable bonds is 8. The van der Waals surface area contributed by atoms with Crippen LogP contribution in [0.4, 0.5) is 0 Å². The number of ether oxygens (including phenoxy) is 2. The molecule has 0 aromatic heterocycles. The molecule has 3 atom stereocenters. The van der Waals surface area contributed by atoms with Crippen LogP contribution in [0.3, 0.4) is 0 Å². The van der Waals surface area contributed by atoms with Crippen molar-refractivity contribution < 1.29 is 14.3 Å². The molecule has 2 bridgehead atoms. The Morgan fingerprint density at radius 3 is 1.93 bits per heavy atom. The van der Waals surface area contributed by atoms with E-state index in [0.29, 0.717) is 17.4 Å². The van der Waals surface area contributed by atoms with Crippen molar-refractivity contribution in [2.75, 3.05) is 20.2 Å². The predicted octanol–water partition coefficient (Wildman–Crippen LogP) is 7.25. The number of nitrogens with one attached hydrogen (secondary N) is 1. The highest BCUT2D eigenvalue weighted by Gasteiger charge is 2.41. The summed E-state index contributed by atoms with van der Waals surface area (Å²) in [5.41, 5.74) is 13.9. The van der Waals surface area contributed by atoms with Gasteiger partial charge in [0.15, 0.2) is 0 Å². The molecular weight excluding hydrogens is 532 g/mol. The van der Waals surface area contributed by atoms with E-state index in [2.05, 4.69) is 106 Å². The van der Waals surface area contributed by atoms with Crippen molar-refractivity contribution in [3.8, 4) is 0 Å². The Labute approximate surface area is 244 Å². The molecule has 8 heteroatoms. The largest absolute Gasteiger partial charge is 0.428 e. The Morgan fingerprint density at radius 1 is 0.902 bits per heavy atom. The number of methoxy groups -OCH3 is 1. The molecule has 7 rings (SSSR count). The summed E-state index contributed by atoms with van der Waals surface area (Å²) >= 11 is 2.00. The van der Waals surface area contributed by atoms with Crippen LogP contribution < -0.4 is 5.32 Å². The van der Waals surface area contributed by atoms with Crippen molar-refractivity contribution in [3.05, 3.63) is 154 Å². The molecule has 41 heavy (non-hydrogen) atoms. The molecule has 7 nitrogen and oxygen atoms in total. The number of azide groups is 1. The zero-order valence-electron chi connectivity index (χ0n) is 22.8. The lowest BCUT2D eigenvalue weighted by molar-refractivity contribution is -0.0913. The third-order valence-electron chi connectivity index (χ3n) is 7.28. The maximum Gasteiger partial charge on any atom is 0.340 e. The third kappa shape index (κ3) is 6.47. The monoisotopic (exact) mass is 564 g/mol. The third-order valence-corrected chi connectivity index (χ3v) is 9.03. The van der Waals surface area contributed by atoms with Gasteiger partial charge in [0.25, 0.3) is 0 Å². The number of carbonyl (C=O) groups is 1. The second kappa shape index (κ2) is 13.5. The number of fused-ring (bicyclic) bond motifs is 4. The van der Waals surface area contributed by atoms with E-state index in [-0.39, 0.29) is 16.8 Å². The van der Waals surface area contributed by atoms with E-state index in [1.165, 1.54) is 23.8 Å². The summed E-state index contributed by atoms with van der Waals surface area (Å²) in [6.45, 7) is 1.41. The van der Waals surface area contributed by atoms with E-state index in [9.17, 15) is 4.79 Å². The Balaban J connectivity index is 0.000000234. The maximum atomic E-state index is 11.2. The molecule has 3 aliphatic heterocycles. The van der Waals surface area contributed by atoms with Gasteiger partial charge >= 0.3 is 5.97 Å². The quantitative estimate of drug-likeness (QED) is 0.0799. The molecule has 0 spiro atoms. The number of nitrogens with zero attached hydrogens (tertiary/aromatic N) is 3. The second-order valence-corrected chi connectivity index (χ2v) is 11.4. The summed E-state index contributed by atoms with van der Waals surface area (Å²) in [5.74, 6) is -0.332. The highest BCUT2D eigenvalue weighted by molar-refractivity contribution is 8.01. The minimum atomic E-state index is -0.551. The van der Waals surface area contributed by atoms with E-state index in [4.69, 9.17) is 15.0 Å². The van der Waals surface area contributed by atoms with Crippen LogP contribution in [-0.4, -0.2) is 37.5 Å². The molecule has 1 fully saturated rings. The van der Waals surface area contributed by atoms with Gasteiger partial charge in [-0.1, -0.05) is 108 Å². The fourth-order valence-electron chi connectivity index (χ4n) is 5.31. The Kier molecular flexibility index (Phi) is 9.39. The zero-order valence-corrected chi connectivity index (χ0v) is 23.6. The number of benzene rings is 4. The lowest BCUT2D eigenvalue weighted by Crippen LogP contribution is -2.29. The van der Waals surface area contributed by atoms with Crippen molar-refractivity contribution in [1.82, 2.24) is 5.32 Å². The summed E-state index contributed by atoms with van der Waals surface area (Å²) in [7, 11) is 1.51. The first-order chi connectivity index (χ1) is 20.1. The van der Waals surface area contributed by atoms with E-state index in [1.54, 1.807) is 12.1 Å². The van der Waals surface area contributed by atoms with Crippen molar-refractivity contribution in [2.24, 2.45) is 5.11 Å². The lowest BCUT2D eigenvalue weighted by Gasteiger charge is -2.37. The summed E-state index contributed by atoms with van der Waals surface area (Å²) in [4.78, 5) is 14.1. The smallest absolute Gasteiger partial charge is 0.340 e. The zero-order chi connectivity index (χ0) is 28.5. The molecule has 4 aromatic carbocycles. The standard InChI is InChI=1S/C24H24N4S.C9H8O3/c25-28-27-17-22-16-23(18-26-22)29-24(19-10-4-1-5-11-19,20-12-6-2-7-13-20)21-14-8-3-9-15-21;1-11-9-7-4-2-6(3-5-7)8(10)12-9/h1-15,22-23,26H,16-18H2;2-5,9H,1H3. The van der Waals surface area contributed by atoms with Crippen LogP contribution in [0.2, 0.25) is 0 Å². The highest BCUT2D eigenvalue weighted by atomic mass is 32.2. The van der Waals surface area contributed by atoms with Crippen molar-refractivity contribution in [1.29, 1.82) is 0 Å².